The van der Waals surface area contributed by atoms with Gasteiger partial charge in [-0.25, -0.2) is 13.9 Å². The van der Waals surface area contributed by atoms with Gasteiger partial charge < -0.3 is 8.91 Å². The third kappa shape index (κ3) is 5.72. The van der Waals surface area contributed by atoms with Crippen molar-refractivity contribution in [1.82, 2.24) is 14.5 Å². The van der Waals surface area contributed by atoms with Gasteiger partial charge in [-0.2, -0.15) is 8.42 Å². The smallest absolute Gasteiger partial charge is 0.341 e. The molecule has 2 heterocycles. The van der Waals surface area contributed by atoms with Crippen LogP contribution in [0.25, 0.3) is 0 Å². The number of nitrogens with one attached hydrogen (secondary N) is 2. The van der Waals surface area contributed by atoms with Crippen LogP contribution in [0.2, 0.25) is 0 Å². The van der Waals surface area contributed by atoms with Crippen molar-refractivity contribution in [3.63, 3.8) is 0 Å². The van der Waals surface area contributed by atoms with Crippen LogP contribution in [-0.4, -0.2) is 37.5 Å². The highest BCUT2D eigenvalue weighted by Gasteiger charge is 2.34. The Morgan fingerprint density at radius 3 is 2.58 bits per heavy atom. The van der Waals surface area contributed by atoms with Crippen molar-refractivity contribution >= 4 is 38.0 Å². The molecule has 3 rings (SSSR count). The van der Waals surface area contributed by atoms with Gasteiger partial charge in [0, 0.05) is 12.4 Å². The van der Waals surface area contributed by atoms with E-state index in [2.05, 4.69) is 4.72 Å². The quantitative estimate of drug-likeness (QED) is 0.132. The molecule has 0 fully saturated rings. The molecule has 0 saturated heterocycles. The molecule has 1 atom stereocenters. The number of rotatable bonds is 11. The second-order valence-electron chi connectivity index (χ2n) is 7.30. The van der Waals surface area contributed by atoms with Gasteiger partial charge in [0.05, 0.1) is 22.7 Å². The number of fused-ring (bicyclic) bond motifs is 1. The number of nitrogens with zero attached hydrogens (tertiary/aromatic N) is 1. The van der Waals surface area contributed by atoms with Crippen molar-refractivity contribution in [3.8, 4) is 5.75 Å². The number of allylic oxidation sites excluding steroid dienone is 2. The van der Waals surface area contributed by atoms with Crippen molar-refractivity contribution in [2.45, 2.75) is 49.2 Å². The molecule has 1 aromatic rings. The molecule has 1 amide bonds. The Labute approximate surface area is 197 Å². The van der Waals surface area contributed by atoms with Gasteiger partial charge in [-0.15, -0.1) is 0 Å². The van der Waals surface area contributed by atoms with Gasteiger partial charge >= 0.3 is 10.1 Å². The molecule has 0 aromatic heterocycles. The summed E-state index contributed by atoms with van der Waals surface area (Å²) in [7, 11) is -8.31. The number of carbonyl (C=O) groups is 1. The molecule has 180 valence electrons. The van der Waals surface area contributed by atoms with Gasteiger partial charge in [0.25, 0.3) is 5.91 Å². The van der Waals surface area contributed by atoms with E-state index in [9.17, 15) is 21.6 Å². The molecule has 0 saturated carbocycles. The van der Waals surface area contributed by atoms with E-state index >= 15 is 0 Å². The number of hydrogen-bond donors (Lipinski definition) is 3. The highest BCUT2D eigenvalue weighted by atomic mass is 32.2. The van der Waals surface area contributed by atoms with Crippen molar-refractivity contribution in [1.29, 1.82) is 0 Å². The van der Waals surface area contributed by atoms with E-state index in [1.807, 2.05) is 6.92 Å². The summed E-state index contributed by atoms with van der Waals surface area (Å²) < 4.78 is 61.2. The number of amides is 1. The van der Waals surface area contributed by atoms with E-state index in [0.717, 1.165) is 19.3 Å². The Morgan fingerprint density at radius 2 is 1.91 bits per heavy atom. The Morgan fingerprint density at radius 1 is 1.18 bits per heavy atom. The number of hydroxylamine groups is 1. The summed E-state index contributed by atoms with van der Waals surface area (Å²) in [5, 5.41) is 7.54. The molecular weight excluding hydrogens is 490 g/mol. The van der Waals surface area contributed by atoms with Gasteiger partial charge in [-0.3, -0.25) is 14.3 Å². The summed E-state index contributed by atoms with van der Waals surface area (Å²) in [6, 6.07) is 4.78. The number of unbranched alkanes of at least 4 members (excludes halogenated alkanes) is 3. The third-order valence-electron chi connectivity index (χ3n) is 5.03. The van der Waals surface area contributed by atoms with Crippen LogP contribution >= 0.6 is 12.1 Å². The first-order valence-electron chi connectivity index (χ1n) is 10.2. The summed E-state index contributed by atoms with van der Waals surface area (Å²) in [5.41, 5.74) is 1.83. The van der Waals surface area contributed by atoms with Crippen LogP contribution in [0, 0.1) is 0 Å². The lowest BCUT2D eigenvalue weighted by Gasteiger charge is -2.20. The number of sulfone groups is 1. The average molecular weight is 516 g/mol. The van der Waals surface area contributed by atoms with Crippen LogP contribution in [0.3, 0.4) is 0 Å². The number of benzene rings is 1. The monoisotopic (exact) mass is 515 g/mol. The maximum absolute atomic E-state index is 13.0. The second kappa shape index (κ2) is 10.6. The van der Waals surface area contributed by atoms with Crippen LogP contribution in [0.15, 0.2) is 64.3 Å². The van der Waals surface area contributed by atoms with E-state index in [4.69, 9.17) is 9.39 Å². The molecule has 1 unspecified atom stereocenters. The maximum Gasteiger partial charge on any atom is 0.341 e. The molecule has 2 aliphatic rings. The fraction of sp³-hybridized carbons (Fsp3) is 0.350. The SMILES string of the molecule is CCCCCCC(C(=O)NO)S(=O)(=O)c1ccc(OS(=O)(=O)C2=CC=CN3SNC=C23)cc1. The average Bonchev–Trinajstić information content (AvgIpc) is 3.27. The second-order valence-corrected chi connectivity index (χ2v) is 11.8. The first kappa shape index (κ1) is 25.1. The maximum atomic E-state index is 13.0. The lowest BCUT2D eigenvalue weighted by Crippen LogP contribution is -2.38. The summed E-state index contributed by atoms with van der Waals surface area (Å²) >= 11 is 1.20. The van der Waals surface area contributed by atoms with Crippen molar-refractivity contribution in [2.24, 2.45) is 0 Å². The molecule has 13 heteroatoms. The minimum Gasteiger partial charge on any atom is -0.379 e. The zero-order chi connectivity index (χ0) is 24.1. The molecule has 0 spiro atoms. The number of hydrogen-bond acceptors (Lipinski definition) is 10. The van der Waals surface area contributed by atoms with Gasteiger partial charge in [-0.05, 0) is 42.8 Å². The van der Waals surface area contributed by atoms with E-state index in [0.29, 0.717) is 12.1 Å². The van der Waals surface area contributed by atoms with Crippen LogP contribution in [0.5, 0.6) is 5.75 Å². The third-order valence-corrected chi connectivity index (χ3v) is 9.19. The highest BCUT2D eigenvalue weighted by molar-refractivity contribution is 7.96. The first-order valence-corrected chi connectivity index (χ1v) is 14.0. The molecule has 0 bridgehead atoms. The Kier molecular flexibility index (Phi) is 8.10. The Hall–Kier alpha value is -2.48. The van der Waals surface area contributed by atoms with Gasteiger partial charge in [0.2, 0.25) is 0 Å². The number of carbonyl (C=O) groups excluding carboxylic acids is 1. The zero-order valence-corrected chi connectivity index (χ0v) is 20.2. The van der Waals surface area contributed by atoms with E-state index < -0.39 is 31.1 Å². The molecule has 0 radical (unpaired) electrons. The Balaban J connectivity index is 1.77. The summed E-state index contributed by atoms with van der Waals surface area (Å²) in [6.45, 7) is 2.01. The topological polar surface area (TPSA) is 142 Å². The normalized spacial score (nSPS) is 16.4. The fourth-order valence-electron chi connectivity index (χ4n) is 3.32. The zero-order valence-electron chi connectivity index (χ0n) is 17.8. The molecule has 0 aliphatic carbocycles. The molecular formula is C20H25N3O7S3. The van der Waals surface area contributed by atoms with E-state index in [1.54, 1.807) is 16.6 Å². The van der Waals surface area contributed by atoms with Crippen molar-refractivity contribution in [3.05, 3.63) is 59.4 Å². The molecule has 10 nitrogen and oxygen atoms in total. The van der Waals surface area contributed by atoms with Crippen LogP contribution in [-0.2, 0) is 24.7 Å². The largest absolute Gasteiger partial charge is 0.379 e. The fourth-order valence-corrected chi connectivity index (χ4v) is 6.81. The first-order chi connectivity index (χ1) is 15.7. The lowest BCUT2D eigenvalue weighted by molar-refractivity contribution is -0.128. The van der Waals surface area contributed by atoms with Gasteiger partial charge in [0.15, 0.2) is 9.84 Å². The minimum absolute atomic E-state index is 0.0500. The molecule has 2 aliphatic heterocycles. The van der Waals surface area contributed by atoms with Gasteiger partial charge in [0.1, 0.15) is 15.9 Å². The van der Waals surface area contributed by atoms with Crippen LogP contribution in [0.4, 0.5) is 0 Å². The summed E-state index contributed by atoms with van der Waals surface area (Å²) in [6.07, 6.45) is 9.37. The van der Waals surface area contributed by atoms with Crippen LogP contribution < -0.4 is 14.4 Å². The van der Waals surface area contributed by atoms with Crippen molar-refractivity contribution in [2.75, 3.05) is 0 Å². The standard InChI is InChI=1S/C20H25N3O7S3/c1-2-3-4-5-7-19(20(24)22-25)32(26,27)16-11-9-15(10-12-16)30-33(28,29)18-8-6-13-23-17(18)14-21-31-23/h6,8-14,19,21,25H,2-5,7H2,1H3,(H,22,24). The van der Waals surface area contributed by atoms with E-state index in [-0.39, 0.29) is 22.0 Å². The van der Waals surface area contributed by atoms with Crippen molar-refractivity contribution < 1.29 is 31.0 Å². The lowest BCUT2D eigenvalue weighted by atomic mass is 10.1. The van der Waals surface area contributed by atoms with E-state index in [1.165, 1.54) is 54.2 Å². The predicted molar refractivity (Wildman–Crippen MR) is 124 cm³/mol. The molecule has 33 heavy (non-hydrogen) atoms. The predicted octanol–water partition coefficient (Wildman–Crippen LogP) is 2.73. The summed E-state index contributed by atoms with van der Waals surface area (Å²) in [4.78, 5) is 11.8. The molecule has 3 N–H and O–H groups in total. The molecule has 1 aromatic carbocycles. The minimum atomic E-state index is -4.19. The highest BCUT2D eigenvalue weighted by Crippen LogP contribution is 2.34. The van der Waals surface area contributed by atoms with Crippen LogP contribution in [0.1, 0.15) is 39.0 Å². The van der Waals surface area contributed by atoms with Gasteiger partial charge in [-0.1, -0.05) is 32.6 Å². The Bertz CT molecular complexity index is 1170. The summed E-state index contributed by atoms with van der Waals surface area (Å²) in [5.74, 6) is -1.09.